The zero-order chi connectivity index (χ0) is 14.3. The predicted molar refractivity (Wildman–Crippen MR) is 85.3 cm³/mol. The number of amides is 1. The molecular weight excluding hydrogens is 276 g/mol. The summed E-state index contributed by atoms with van der Waals surface area (Å²) in [7, 11) is 1.67. The van der Waals surface area contributed by atoms with Crippen LogP contribution >= 0.6 is 12.4 Å². The maximum Gasteiger partial charge on any atom is 0.234 e. The van der Waals surface area contributed by atoms with Gasteiger partial charge in [-0.05, 0) is 30.6 Å². The van der Waals surface area contributed by atoms with E-state index in [1.165, 1.54) is 12.8 Å². The summed E-state index contributed by atoms with van der Waals surface area (Å²) in [6.45, 7) is 8.56. The summed E-state index contributed by atoms with van der Waals surface area (Å²) in [5.74, 6) is 2.10. The van der Waals surface area contributed by atoms with Gasteiger partial charge < -0.3 is 15.4 Å². The minimum atomic E-state index is 0. The number of hydrogen-bond acceptors (Lipinski definition) is 3. The molecule has 1 aliphatic rings. The van der Waals surface area contributed by atoms with E-state index in [2.05, 4.69) is 31.4 Å². The van der Waals surface area contributed by atoms with Crippen LogP contribution in [0.5, 0.6) is 0 Å². The minimum absolute atomic E-state index is 0. The summed E-state index contributed by atoms with van der Waals surface area (Å²) < 4.78 is 4.94. The minimum Gasteiger partial charge on any atom is -0.383 e. The number of methoxy groups -OCH3 is 1. The number of nitrogens with one attached hydrogen (secondary N) is 2. The molecule has 120 valence electrons. The molecule has 1 aliphatic carbocycles. The monoisotopic (exact) mass is 306 g/mol. The Balaban J connectivity index is 0.00000361. The molecule has 20 heavy (non-hydrogen) atoms. The largest absolute Gasteiger partial charge is 0.383 e. The van der Waals surface area contributed by atoms with Gasteiger partial charge in [-0.15, -0.1) is 12.4 Å². The average Bonchev–Trinajstić information content (AvgIpc) is 2.34. The van der Waals surface area contributed by atoms with Crippen molar-refractivity contribution in [2.45, 2.75) is 46.1 Å². The number of carbonyl (C=O) groups excluding carboxylic acids is 1. The van der Waals surface area contributed by atoms with Gasteiger partial charge in [0.15, 0.2) is 0 Å². The average molecular weight is 307 g/mol. The van der Waals surface area contributed by atoms with Crippen molar-refractivity contribution in [1.82, 2.24) is 10.6 Å². The van der Waals surface area contributed by atoms with Crippen molar-refractivity contribution >= 4 is 18.3 Å². The van der Waals surface area contributed by atoms with E-state index in [1.54, 1.807) is 7.11 Å². The van der Waals surface area contributed by atoms with Crippen molar-refractivity contribution in [2.75, 3.05) is 26.8 Å². The molecule has 0 bridgehead atoms. The third-order valence-corrected chi connectivity index (χ3v) is 4.14. The maximum absolute atomic E-state index is 11.9. The number of rotatable bonds is 7. The summed E-state index contributed by atoms with van der Waals surface area (Å²) in [4.78, 5) is 11.9. The fourth-order valence-corrected chi connectivity index (χ4v) is 3.00. The molecule has 2 N–H and O–H groups in total. The third kappa shape index (κ3) is 6.91. The lowest BCUT2D eigenvalue weighted by molar-refractivity contribution is -0.121. The second kappa shape index (κ2) is 10.4. The van der Waals surface area contributed by atoms with E-state index in [0.717, 1.165) is 18.9 Å². The second-order valence-corrected chi connectivity index (χ2v) is 6.17. The lowest BCUT2D eigenvalue weighted by atomic mass is 9.74. The van der Waals surface area contributed by atoms with Gasteiger partial charge in [0, 0.05) is 19.7 Å². The van der Waals surface area contributed by atoms with E-state index in [1.807, 2.05) is 0 Å². The molecule has 0 radical (unpaired) electrons. The van der Waals surface area contributed by atoms with E-state index < -0.39 is 0 Å². The SMILES string of the molecule is COCCNCC(=O)NC1CC(C)CCC1C(C)C.Cl. The lowest BCUT2D eigenvalue weighted by Gasteiger charge is -2.37. The summed E-state index contributed by atoms with van der Waals surface area (Å²) in [6.07, 6.45) is 3.65. The summed E-state index contributed by atoms with van der Waals surface area (Å²) in [5, 5.41) is 6.31. The molecule has 1 saturated carbocycles. The van der Waals surface area contributed by atoms with Crippen molar-refractivity contribution in [3.05, 3.63) is 0 Å². The molecule has 5 heteroatoms. The number of halogens is 1. The summed E-state index contributed by atoms with van der Waals surface area (Å²) in [6, 6.07) is 0.348. The quantitative estimate of drug-likeness (QED) is 0.709. The molecule has 1 fully saturated rings. The van der Waals surface area contributed by atoms with Crippen LogP contribution in [-0.4, -0.2) is 38.8 Å². The first-order chi connectivity index (χ1) is 9.04. The Hall–Kier alpha value is -0.320. The third-order valence-electron chi connectivity index (χ3n) is 4.14. The van der Waals surface area contributed by atoms with E-state index in [-0.39, 0.29) is 18.3 Å². The van der Waals surface area contributed by atoms with Crippen LogP contribution in [0.1, 0.15) is 40.0 Å². The van der Waals surface area contributed by atoms with Gasteiger partial charge in [0.05, 0.1) is 13.2 Å². The standard InChI is InChI=1S/C15H30N2O2.ClH/c1-11(2)13-6-5-12(3)9-14(13)17-15(18)10-16-7-8-19-4;/h11-14,16H,5-10H2,1-4H3,(H,17,18);1H. The summed E-state index contributed by atoms with van der Waals surface area (Å²) >= 11 is 0. The lowest BCUT2D eigenvalue weighted by Crippen LogP contribution is -2.48. The fraction of sp³-hybridized carbons (Fsp3) is 0.933. The van der Waals surface area contributed by atoms with E-state index >= 15 is 0 Å². The maximum atomic E-state index is 11.9. The Bertz CT molecular complexity index is 275. The molecule has 0 heterocycles. The van der Waals surface area contributed by atoms with Crippen LogP contribution in [0.2, 0.25) is 0 Å². The molecule has 0 aromatic heterocycles. The van der Waals surface area contributed by atoms with Crippen LogP contribution in [0.25, 0.3) is 0 Å². The Kier molecular flexibility index (Phi) is 10.2. The van der Waals surface area contributed by atoms with Crippen LogP contribution in [0.4, 0.5) is 0 Å². The molecule has 0 spiro atoms. The molecule has 4 nitrogen and oxygen atoms in total. The molecular formula is C15H31ClN2O2. The van der Waals surface area contributed by atoms with Gasteiger partial charge in [0.25, 0.3) is 0 Å². The van der Waals surface area contributed by atoms with Gasteiger partial charge in [0.1, 0.15) is 0 Å². The zero-order valence-electron chi connectivity index (χ0n) is 13.3. The van der Waals surface area contributed by atoms with Crippen LogP contribution in [0.3, 0.4) is 0 Å². The molecule has 3 unspecified atom stereocenters. The van der Waals surface area contributed by atoms with Crippen LogP contribution in [0.15, 0.2) is 0 Å². The summed E-state index contributed by atoms with van der Waals surface area (Å²) in [5.41, 5.74) is 0. The van der Waals surface area contributed by atoms with E-state index in [0.29, 0.717) is 31.0 Å². The van der Waals surface area contributed by atoms with E-state index in [4.69, 9.17) is 4.74 Å². The smallest absolute Gasteiger partial charge is 0.234 e. The van der Waals surface area contributed by atoms with Crippen molar-refractivity contribution in [3.8, 4) is 0 Å². The van der Waals surface area contributed by atoms with E-state index in [9.17, 15) is 4.79 Å². The predicted octanol–water partition coefficient (Wildman–Crippen LogP) is 2.22. The molecule has 0 aliphatic heterocycles. The number of hydrogen-bond donors (Lipinski definition) is 2. The molecule has 1 amide bonds. The first-order valence-electron chi connectivity index (χ1n) is 7.53. The highest BCUT2D eigenvalue weighted by atomic mass is 35.5. The normalized spacial score (nSPS) is 26.1. The number of carbonyl (C=O) groups is 1. The zero-order valence-corrected chi connectivity index (χ0v) is 14.1. The highest BCUT2D eigenvalue weighted by Gasteiger charge is 2.31. The highest BCUT2D eigenvalue weighted by Crippen LogP contribution is 2.33. The van der Waals surface area contributed by atoms with Crippen molar-refractivity contribution in [2.24, 2.45) is 17.8 Å². The first kappa shape index (κ1) is 19.7. The fourth-order valence-electron chi connectivity index (χ4n) is 3.00. The molecule has 0 aromatic rings. The Morgan fingerprint density at radius 3 is 2.65 bits per heavy atom. The van der Waals surface area contributed by atoms with Gasteiger partial charge in [-0.1, -0.05) is 27.2 Å². The molecule has 3 atom stereocenters. The van der Waals surface area contributed by atoms with Crippen molar-refractivity contribution in [1.29, 1.82) is 0 Å². The molecule has 1 rings (SSSR count). The second-order valence-electron chi connectivity index (χ2n) is 6.17. The molecule has 0 aromatic carbocycles. The van der Waals surface area contributed by atoms with Crippen LogP contribution in [0, 0.1) is 17.8 Å². The Morgan fingerprint density at radius 1 is 1.35 bits per heavy atom. The van der Waals surface area contributed by atoms with Gasteiger partial charge in [-0.2, -0.15) is 0 Å². The molecule has 0 saturated heterocycles. The first-order valence-corrected chi connectivity index (χ1v) is 7.53. The van der Waals surface area contributed by atoms with Crippen molar-refractivity contribution < 1.29 is 9.53 Å². The Morgan fingerprint density at radius 2 is 2.05 bits per heavy atom. The topological polar surface area (TPSA) is 50.4 Å². The van der Waals surface area contributed by atoms with Crippen LogP contribution < -0.4 is 10.6 Å². The van der Waals surface area contributed by atoms with Gasteiger partial charge in [-0.25, -0.2) is 0 Å². The highest BCUT2D eigenvalue weighted by molar-refractivity contribution is 5.85. The van der Waals surface area contributed by atoms with Gasteiger partial charge in [-0.3, -0.25) is 4.79 Å². The van der Waals surface area contributed by atoms with Gasteiger partial charge >= 0.3 is 0 Å². The Labute approximate surface area is 129 Å². The number of ether oxygens (including phenoxy) is 1. The van der Waals surface area contributed by atoms with Crippen LogP contribution in [-0.2, 0) is 9.53 Å². The van der Waals surface area contributed by atoms with Gasteiger partial charge in [0.2, 0.25) is 5.91 Å². The van der Waals surface area contributed by atoms with Crippen molar-refractivity contribution in [3.63, 3.8) is 0 Å².